The number of rotatable bonds is 5. The summed E-state index contributed by atoms with van der Waals surface area (Å²) in [6, 6.07) is 9.26. The summed E-state index contributed by atoms with van der Waals surface area (Å²) in [6.07, 6.45) is 7.26. The molecule has 5 rings (SSSR count). The van der Waals surface area contributed by atoms with E-state index in [2.05, 4.69) is 32.0 Å². The molecule has 0 radical (unpaired) electrons. The lowest BCUT2D eigenvalue weighted by atomic mass is 10.1. The van der Waals surface area contributed by atoms with Crippen molar-refractivity contribution in [3.8, 4) is 17.6 Å². The van der Waals surface area contributed by atoms with Gasteiger partial charge < -0.3 is 19.9 Å². The number of aliphatic imine (C=N–C) groups is 1. The number of allylic oxidation sites excluding steroid dienone is 1. The molecule has 0 amide bonds. The molecule has 0 unspecified atom stereocenters. The molecule has 2 aliphatic rings. The van der Waals surface area contributed by atoms with Gasteiger partial charge in [0.15, 0.2) is 22.9 Å². The monoisotopic (exact) mass is 468 g/mol. The van der Waals surface area contributed by atoms with Crippen LogP contribution < -0.4 is 5.32 Å². The van der Waals surface area contributed by atoms with E-state index in [0.29, 0.717) is 17.1 Å². The molecule has 1 saturated heterocycles. The van der Waals surface area contributed by atoms with Crippen LogP contribution >= 0.6 is 0 Å². The zero-order valence-corrected chi connectivity index (χ0v) is 19.2. The van der Waals surface area contributed by atoms with Crippen LogP contribution in [0.4, 0.5) is 17.4 Å². The van der Waals surface area contributed by atoms with Gasteiger partial charge in [0, 0.05) is 34.8 Å². The van der Waals surface area contributed by atoms with E-state index >= 15 is 0 Å². The molecule has 0 spiro atoms. The van der Waals surface area contributed by atoms with Crippen LogP contribution in [0, 0.1) is 18.8 Å². The molecule has 2 aromatic heterocycles. The number of carboxylic acid groups (broad SMARTS) is 1. The van der Waals surface area contributed by atoms with Gasteiger partial charge in [-0.05, 0) is 74.8 Å². The number of aromatic hydroxyl groups is 1. The zero-order valence-electron chi connectivity index (χ0n) is 19.2. The summed E-state index contributed by atoms with van der Waals surface area (Å²) >= 11 is 0. The van der Waals surface area contributed by atoms with E-state index in [9.17, 15) is 15.0 Å². The molecule has 0 bridgehead atoms. The van der Waals surface area contributed by atoms with E-state index in [1.165, 1.54) is 12.8 Å². The Bertz CT molecular complexity index is 1420. The van der Waals surface area contributed by atoms with Gasteiger partial charge in [0.2, 0.25) is 5.88 Å². The average molecular weight is 469 g/mol. The Labute approximate surface area is 202 Å². The van der Waals surface area contributed by atoms with Gasteiger partial charge in [-0.25, -0.2) is 14.8 Å². The Morgan fingerprint density at radius 2 is 2.11 bits per heavy atom. The molecule has 0 atom stereocenters. The summed E-state index contributed by atoms with van der Waals surface area (Å²) in [5, 5.41) is 23.4. The standard InChI is InChI=1S/C27H24N4O4/c1-17-14-18(6-5-13-31-11-2-3-12-31)8-9-21(17)30-26-23(27(33)34)24(32)22(35-26)15-19-16-29-25-20(19)7-4-10-28-25/h4,7-10,14-16,30,32H,2-3,11-13H2,1H3,(H,33,34). The molecule has 1 fully saturated rings. The Morgan fingerprint density at radius 3 is 2.89 bits per heavy atom. The minimum Gasteiger partial charge on any atom is -0.504 e. The van der Waals surface area contributed by atoms with Gasteiger partial charge in [-0.1, -0.05) is 11.8 Å². The molecule has 3 aromatic rings. The fourth-order valence-electron chi connectivity index (χ4n) is 4.20. The van der Waals surface area contributed by atoms with Crippen LogP contribution in [-0.2, 0) is 0 Å². The summed E-state index contributed by atoms with van der Waals surface area (Å²) in [4.78, 5) is 22.7. The first-order valence-electron chi connectivity index (χ1n) is 11.4. The molecule has 35 heavy (non-hydrogen) atoms. The van der Waals surface area contributed by atoms with Crippen molar-refractivity contribution in [1.82, 2.24) is 9.88 Å². The maximum absolute atomic E-state index is 11.9. The van der Waals surface area contributed by atoms with Crippen molar-refractivity contribution in [3.05, 3.63) is 64.5 Å². The number of carboxylic acids is 1. The topological polar surface area (TPSA) is 111 Å². The molecule has 3 N–H and O–H groups in total. The SMILES string of the molecule is Cc1cc(C#CCN2CCCC2)ccc1Nc1oc(C=C2C=Nc3ncccc32)c(O)c1C(=O)O. The van der Waals surface area contributed by atoms with Gasteiger partial charge in [-0.2, -0.15) is 0 Å². The van der Waals surface area contributed by atoms with Gasteiger partial charge in [0.1, 0.15) is 0 Å². The van der Waals surface area contributed by atoms with Crippen LogP contribution in [0.1, 0.15) is 45.7 Å². The maximum Gasteiger partial charge on any atom is 0.345 e. The molecule has 0 aliphatic carbocycles. The third kappa shape index (κ3) is 4.67. The highest BCUT2D eigenvalue weighted by Crippen LogP contribution is 2.39. The average Bonchev–Trinajstić information content (AvgIpc) is 3.56. The van der Waals surface area contributed by atoms with E-state index < -0.39 is 11.7 Å². The highest BCUT2D eigenvalue weighted by molar-refractivity contribution is 6.21. The maximum atomic E-state index is 11.9. The van der Waals surface area contributed by atoms with Gasteiger partial charge in [-0.3, -0.25) is 4.90 Å². The quantitative estimate of drug-likeness (QED) is 0.460. The number of nitrogens with zero attached hydrogens (tertiary/aromatic N) is 3. The smallest absolute Gasteiger partial charge is 0.345 e. The van der Waals surface area contributed by atoms with Crippen LogP contribution in [0.3, 0.4) is 0 Å². The van der Waals surface area contributed by atoms with Crippen molar-refractivity contribution in [3.63, 3.8) is 0 Å². The second-order valence-electron chi connectivity index (χ2n) is 8.50. The first kappa shape index (κ1) is 22.4. The molecule has 4 heterocycles. The molecule has 1 aromatic carbocycles. The fraction of sp³-hybridized carbons (Fsp3) is 0.222. The fourth-order valence-corrected chi connectivity index (χ4v) is 4.20. The number of likely N-dealkylation sites (tertiary alicyclic amines) is 1. The van der Waals surface area contributed by atoms with E-state index in [0.717, 1.165) is 36.3 Å². The summed E-state index contributed by atoms with van der Waals surface area (Å²) in [5.41, 5.74) is 3.49. The molecule has 0 saturated carbocycles. The van der Waals surface area contributed by atoms with Crippen molar-refractivity contribution in [1.29, 1.82) is 0 Å². The third-order valence-electron chi connectivity index (χ3n) is 6.04. The lowest BCUT2D eigenvalue weighted by molar-refractivity contribution is 0.0695. The minimum absolute atomic E-state index is 0.0186. The molecule has 176 valence electrons. The minimum atomic E-state index is -1.30. The van der Waals surface area contributed by atoms with Crippen molar-refractivity contribution < 1.29 is 19.4 Å². The number of anilines is 2. The van der Waals surface area contributed by atoms with E-state index in [1.54, 1.807) is 24.6 Å². The van der Waals surface area contributed by atoms with E-state index in [-0.39, 0.29) is 17.2 Å². The zero-order chi connectivity index (χ0) is 24.4. The second kappa shape index (κ2) is 9.49. The van der Waals surface area contributed by atoms with Crippen molar-refractivity contribution in [2.45, 2.75) is 19.8 Å². The summed E-state index contributed by atoms with van der Waals surface area (Å²) < 4.78 is 5.76. The number of aromatic nitrogens is 1. The molecular weight excluding hydrogens is 444 g/mol. The predicted octanol–water partition coefficient (Wildman–Crippen LogP) is 4.83. The van der Waals surface area contributed by atoms with E-state index in [1.807, 2.05) is 31.2 Å². The Kier molecular flexibility index (Phi) is 6.08. The number of nitrogens with one attached hydrogen (secondary N) is 1. The molecule has 2 aliphatic heterocycles. The first-order valence-corrected chi connectivity index (χ1v) is 11.4. The summed E-state index contributed by atoms with van der Waals surface area (Å²) in [6.45, 7) is 4.87. The van der Waals surface area contributed by atoms with Crippen LogP contribution in [0.25, 0.3) is 11.6 Å². The highest BCUT2D eigenvalue weighted by atomic mass is 16.4. The van der Waals surface area contributed by atoms with Crippen LogP contribution in [0.5, 0.6) is 5.75 Å². The molecular formula is C27H24N4O4. The number of pyridine rings is 1. The number of hydrogen-bond acceptors (Lipinski definition) is 7. The van der Waals surface area contributed by atoms with Gasteiger partial charge in [0.05, 0.1) is 6.54 Å². The number of fused-ring (bicyclic) bond motifs is 1. The van der Waals surface area contributed by atoms with E-state index in [4.69, 9.17) is 4.42 Å². The lowest BCUT2D eigenvalue weighted by Gasteiger charge is -2.09. The van der Waals surface area contributed by atoms with Gasteiger partial charge >= 0.3 is 5.97 Å². The van der Waals surface area contributed by atoms with Crippen LogP contribution in [-0.4, -0.2) is 51.9 Å². The van der Waals surface area contributed by atoms with Crippen molar-refractivity contribution in [2.24, 2.45) is 4.99 Å². The Hall–Kier alpha value is -4.35. The third-order valence-corrected chi connectivity index (χ3v) is 6.04. The normalized spacial score (nSPS) is 15.7. The summed E-state index contributed by atoms with van der Waals surface area (Å²) in [5.74, 6) is 5.17. The largest absolute Gasteiger partial charge is 0.504 e. The molecule has 8 nitrogen and oxygen atoms in total. The summed E-state index contributed by atoms with van der Waals surface area (Å²) in [7, 11) is 0. The number of aromatic carboxylic acids is 1. The number of hydrogen-bond donors (Lipinski definition) is 3. The van der Waals surface area contributed by atoms with Crippen molar-refractivity contribution in [2.75, 3.05) is 25.0 Å². The number of benzene rings is 1. The lowest BCUT2D eigenvalue weighted by Crippen LogP contribution is -2.18. The van der Waals surface area contributed by atoms with Gasteiger partial charge in [0.25, 0.3) is 0 Å². The predicted molar refractivity (Wildman–Crippen MR) is 135 cm³/mol. The van der Waals surface area contributed by atoms with Gasteiger partial charge in [-0.15, -0.1) is 0 Å². The second-order valence-corrected chi connectivity index (χ2v) is 8.50. The first-order chi connectivity index (χ1) is 17.0. The van der Waals surface area contributed by atoms with Crippen LogP contribution in [0.2, 0.25) is 0 Å². The number of furan rings is 1. The Balaban J connectivity index is 1.40. The number of aryl methyl sites for hydroxylation is 1. The Morgan fingerprint density at radius 1 is 1.29 bits per heavy atom. The number of carbonyl (C=O) groups is 1. The highest BCUT2D eigenvalue weighted by Gasteiger charge is 2.26. The van der Waals surface area contributed by atoms with Crippen LogP contribution in [0.15, 0.2) is 45.9 Å². The van der Waals surface area contributed by atoms with Crippen molar-refractivity contribution >= 4 is 41.2 Å². The molecule has 8 heteroatoms.